The molecule has 3 heteroatoms. The first-order valence-electron chi connectivity index (χ1n) is 5.18. The zero-order chi connectivity index (χ0) is 9.52. The minimum atomic E-state index is 0.558. The summed E-state index contributed by atoms with van der Waals surface area (Å²) in [6, 6.07) is 0.558. The summed E-state index contributed by atoms with van der Waals surface area (Å²) in [6.45, 7) is 8.73. The third-order valence-corrected chi connectivity index (χ3v) is 2.06. The molecule has 0 aromatic carbocycles. The van der Waals surface area contributed by atoms with Crippen molar-refractivity contribution in [2.24, 2.45) is 5.92 Å². The summed E-state index contributed by atoms with van der Waals surface area (Å²) in [5.74, 6) is 0.634. The Balaban J connectivity index is 1.83. The van der Waals surface area contributed by atoms with Crippen molar-refractivity contribution in [3.63, 3.8) is 0 Å². The summed E-state index contributed by atoms with van der Waals surface area (Å²) in [6.07, 6.45) is 1.14. The zero-order valence-electron chi connectivity index (χ0n) is 8.71. The Morgan fingerprint density at radius 2 is 2.38 bits per heavy atom. The Hall–Kier alpha value is -0.120. The zero-order valence-corrected chi connectivity index (χ0v) is 8.71. The summed E-state index contributed by atoms with van der Waals surface area (Å²) >= 11 is 0. The van der Waals surface area contributed by atoms with E-state index in [0.717, 1.165) is 39.4 Å². The van der Waals surface area contributed by atoms with Crippen LogP contribution in [0.3, 0.4) is 0 Å². The predicted octanol–water partition coefficient (Wildman–Crippen LogP) is 1.04. The van der Waals surface area contributed by atoms with Crippen LogP contribution in [-0.4, -0.2) is 39.0 Å². The van der Waals surface area contributed by atoms with Gasteiger partial charge < -0.3 is 14.8 Å². The molecule has 1 fully saturated rings. The maximum Gasteiger partial charge on any atom is 0.0620 e. The molecular formula is C10H21NO2. The van der Waals surface area contributed by atoms with Gasteiger partial charge in [0.2, 0.25) is 0 Å². The fraction of sp³-hybridized carbons (Fsp3) is 1.00. The monoisotopic (exact) mass is 187 g/mol. The molecule has 0 amide bonds. The third kappa shape index (κ3) is 5.24. The van der Waals surface area contributed by atoms with Crippen LogP contribution < -0.4 is 5.32 Å². The van der Waals surface area contributed by atoms with Gasteiger partial charge in [-0.15, -0.1) is 0 Å². The third-order valence-electron chi connectivity index (χ3n) is 2.06. The first-order chi connectivity index (χ1) is 6.29. The molecule has 1 aliphatic rings. The summed E-state index contributed by atoms with van der Waals surface area (Å²) in [7, 11) is 0. The highest BCUT2D eigenvalue weighted by Gasteiger charge is 2.13. The lowest BCUT2D eigenvalue weighted by atomic mass is 10.2. The van der Waals surface area contributed by atoms with Gasteiger partial charge in [-0.25, -0.2) is 0 Å². The second-order valence-electron chi connectivity index (χ2n) is 3.98. The van der Waals surface area contributed by atoms with Crippen LogP contribution in [-0.2, 0) is 9.47 Å². The molecule has 1 atom stereocenters. The van der Waals surface area contributed by atoms with Crippen LogP contribution in [0.1, 0.15) is 20.3 Å². The number of hydrogen-bond donors (Lipinski definition) is 1. The number of ether oxygens (including phenoxy) is 2. The van der Waals surface area contributed by atoms with E-state index < -0.39 is 0 Å². The van der Waals surface area contributed by atoms with E-state index in [0.29, 0.717) is 12.0 Å². The largest absolute Gasteiger partial charge is 0.380 e. The van der Waals surface area contributed by atoms with Crippen molar-refractivity contribution >= 4 is 0 Å². The van der Waals surface area contributed by atoms with Crippen LogP contribution in [0.5, 0.6) is 0 Å². The molecule has 1 aliphatic heterocycles. The minimum Gasteiger partial charge on any atom is -0.380 e. The SMILES string of the molecule is CC(C)COCCNC1CCOC1. The molecule has 0 bridgehead atoms. The molecule has 1 rings (SSSR count). The van der Waals surface area contributed by atoms with Crippen molar-refractivity contribution in [2.75, 3.05) is 33.0 Å². The van der Waals surface area contributed by atoms with Crippen LogP contribution in [0.4, 0.5) is 0 Å². The average molecular weight is 187 g/mol. The van der Waals surface area contributed by atoms with E-state index in [2.05, 4.69) is 19.2 Å². The van der Waals surface area contributed by atoms with E-state index in [-0.39, 0.29) is 0 Å². The van der Waals surface area contributed by atoms with Crippen LogP contribution in [0, 0.1) is 5.92 Å². The molecule has 0 spiro atoms. The first kappa shape index (κ1) is 11.0. The van der Waals surface area contributed by atoms with E-state index in [4.69, 9.17) is 9.47 Å². The first-order valence-corrected chi connectivity index (χ1v) is 5.18. The smallest absolute Gasteiger partial charge is 0.0620 e. The molecule has 1 unspecified atom stereocenters. The molecule has 0 radical (unpaired) electrons. The molecule has 3 nitrogen and oxygen atoms in total. The molecule has 0 aromatic heterocycles. The molecule has 1 saturated heterocycles. The Morgan fingerprint density at radius 3 is 3.00 bits per heavy atom. The van der Waals surface area contributed by atoms with Crippen molar-refractivity contribution in [3.05, 3.63) is 0 Å². The molecule has 78 valence electrons. The standard InChI is InChI=1S/C10H21NO2/c1-9(2)7-13-6-4-11-10-3-5-12-8-10/h9-11H,3-8H2,1-2H3. The number of nitrogens with one attached hydrogen (secondary N) is 1. The van der Waals surface area contributed by atoms with Crippen molar-refractivity contribution in [3.8, 4) is 0 Å². The predicted molar refractivity (Wildman–Crippen MR) is 52.9 cm³/mol. The topological polar surface area (TPSA) is 30.5 Å². The lowest BCUT2D eigenvalue weighted by Crippen LogP contribution is -2.32. The van der Waals surface area contributed by atoms with Gasteiger partial charge in [0, 0.05) is 25.8 Å². The summed E-state index contributed by atoms with van der Waals surface area (Å²) in [5.41, 5.74) is 0. The molecular weight excluding hydrogens is 166 g/mol. The highest BCUT2D eigenvalue weighted by atomic mass is 16.5. The average Bonchev–Trinajstić information content (AvgIpc) is 2.55. The van der Waals surface area contributed by atoms with Crippen molar-refractivity contribution < 1.29 is 9.47 Å². The Bertz CT molecular complexity index is 122. The molecule has 13 heavy (non-hydrogen) atoms. The summed E-state index contributed by atoms with van der Waals surface area (Å²) in [5, 5.41) is 3.41. The van der Waals surface area contributed by atoms with Gasteiger partial charge in [0.25, 0.3) is 0 Å². The maximum absolute atomic E-state index is 5.45. The highest BCUT2D eigenvalue weighted by molar-refractivity contribution is 4.70. The summed E-state index contributed by atoms with van der Waals surface area (Å²) in [4.78, 5) is 0. The van der Waals surface area contributed by atoms with E-state index in [9.17, 15) is 0 Å². The second-order valence-corrected chi connectivity index (χ2v) is 3.98. The van der Waals surface area contributed by atoms with Gasteiger partial charge in [0.1, 0.15) is 0 Å². The van der Waals surface area contributed by atoms with Crippen molar-refractivity contribution in [2.45, 2.75) is 26.3 Å². The van der Waals surface area contributed by atoms with Crippen LogP contribution in [0.25, 0.3) is 0 Å². The van der Waals surface area contributed by atoms with Gasteiger partial charge in [-0.05, 0) is 12.3 Å². The molecule has 0 aliphatic carbocycles. The molecule has 1 N–H and O–H groups in total. The van der Waals surface area contributed by atoms with E-state index >= 15 is 0 Å². The minimum absolute atomic E-state index is 0.558. The van der Waals surface area contributed by atoms with Gasteiger partial charge in [-0.1, -0.05) is 13.8 Å². The quantitative estimate of drug-likeness (QED) is 0.630. The van der Waals surface area contributed by atoms with Crippen LogP contribution >= 0.6 is 0 Å². The lowest BCUT2D eigenvalue weighted by Gasteiger charge is -2.11. The van der Waals surface area contributed by atoms with Crippen LogP contribution in [0.15, 0.2) is 0 Å². The lowest BCUT2D eigenvalue weighted by molar-refractivity contribution is 0.109. The maximum atomic E-state index is 5.45. The van der Waals surface area contributed by atoms with E-state index in [1.807, 2.05) is 0 Å². The Labute approximate surface area is 80.8 Å². The second kappa shape index (κ2) is 6.35. The van der Waals surface area contributed by atoms with Gasteiger partial charge in [0.05, 0.1) is 13.2 Å². The number of rotatable bonds is 6. The van der Waals surface area contributed by atoms with Crippen molar-refractivity contribution in [1.29, 1.82) is 0 Å². The normalized spacial score (nSPS) is 22.8. The van der Waals surface area contributed by atoms with Gasteiger partial charge >= 0.3 is 0 Å². The Kier molecular flexibility index (Phi) is 5.35. The molecule has 1 heterocycles. The fourth-order valence-corrected chi connectivity index (χ4v) is 1.35. The van der Waals surface area contributed by atoms with Crippen molar-refractivity contribution in [1.82, 2.24) is 5.32 Å². The molecule has 0 saturated carbocycles. The highest BCUT2D eigenvalue weighted by Crippen LogP contribution is 2.02. The van der Waals surface area contributed by atoms with Gasteiger partial charge in [-0.3, -0.25) is 0 Å². The van der Waals surface area contributed by atoms with Gasteiger partial charge in [-0.2, -0.15) is 0 Å². The van der Waals surface area contributed by atoms with Crippen LogP contribution in [0.2, 0.25) is 0 Å². The van der Waals surface area contributed by atoms with Gasteiger partial charge in [0.15, 0.2) is 0 Å². The fourth-order valence-electron chi connectivity index (χ4n) is 1.35. The number of hydrogen-bond acceptors (Lipinski definition) is 3. The molecule has 0 aromatic rings. The summed E-state index contributed by atoms with van der Waals surface area (Å²) < 4.78 is 10.7. The van der Waals surface area contributed by atoms with E-state index in [1.165, 1.54) is 0 Å². The van der Waals surface area contributed by atoms with E-state index in [1.54, 1.807) is 0 Å². The Morgan fingerprint density at radius 1 is 1.54 bits per heavy atom.